The molecule has 0 amide bonds. The monoisotopic (exact) mass is 324 g/mol. The molecule has 1 aromatic rings. The van der Waals surface area contributed by atoms with Crippen molar-refractivity contribution in [1.82, 2.24) is 4.90 Å². The Hall–Kier alpha value is -0.380. The maximum Gasteiger partial charge on any atom is 0.0175 e. The molecule has 0 aromatic heterocycles. The molecule has 1 fully saturated rings. The molecule has 1 aliphatic heterocycles. The van der Waals surface area contributed by atoms with Crippen LogP contribution in [-0.4, -0.2) is 30.6 Å². The third-order valence-electron chi connectivity index (χ3n) is 4.52. The fraction of sp³-hybridized carbons (Fsp3) is 0.625. The second-order valence-corrected chi connectivity index (χ2v) is 6.85. The number of halogens is 1. The van der Waals surface area contributed by atoms with Crippen LogP contribution < -0.4 is 5.73 Å². The van der Waals surface area contributed by atoms with Crippen molar-refractivity contribution in [2.24, 2.45) is 17.6 Å². The predicted molar refractivity (Wildman–Crippen MR) is 85.2 cm³/mol. The van der Waals surface area contributed by atoms with Gasteiger partial charge in [0.05, 0.1) is 0 Å². The van der Waals surface area contributed by atoms with Gasteiger partial charge in [0.15, 0.2) is 0 Å². The smallest absolute Gasteiger partial charge is 0.0175 e. The minimum absolute atomic E-state index is 0.600. The zero-order chi connectivity index (χ0) is 13.8. The molecule has 106 valence electrons. The third kappa shape index (κ3) is 4.04. The van der Waals surface area contributed by atoms with Crippen LogP contribution in [0.5, 0.6) is 0 Å². The highest BCUT2D eigenvalue weighted by molar-refractivity contribution is 9.10. The molecule has 19 heavy (non-hydrogen) atoms. The average molecular weight is 325 g/mol. The molecule has 0 spiro atoms. The summed E-state index contributed by atoms with van der Waals surface area (Å²) in [6, 6.07) is 9.29. The molecule has 3 heteroatoms. The minimum Gasteiger partial charge on any atom is -0.330 e. The second-order valence-electron chi connectivity index (χ2n) is 5.94. The van der Waals surface area contributed by atoms with Crippen LogP contribution in [-0.2, 0) is 6.42 Å². The van der Waals surface area contributed by atoms with E-state index in [2.05, 4.69) is 58.9 Å². The van der Waals surface area contributed by atoms with E-state index in [1.54, 1.807) is 0 Å². The van der Waals surface area contributed by atoms with Gasteiger partial charge in [-0.05, 0) is 62.4 Å². The van der Waals surface area contributed by atoms with E-state index < -0.39 is 0 Å². The number of piperidine rings is 1. The molecular formula is C16H25BrN2. The van der Waals surface area contributed by atoms with Crippen molar-refractivity contribution >= 4 is 15.9 Å². The van der Waals surface area contributed by atoms with Crippen molar-refractivity contribution in [3.05, 3.63) is 34.3 Å². The molecule has 0 aliphatic carbocycles. The van der Waals surface area contributed by atoms with Crippen molar-refractivity contribution in [3.63, 3.8) is 0 Å². The predicted octanol–water partition coefficient (Wildman–Crippen LogP) is 3.30. The number of rotatable bonds is 4. The van der Waals surface area contributed by atoms with Gasteiger partial charge in [-0.3, -0.25) is 4.90 Å². The lowest BCUT2D eigenvalue weighted by Gasteiger charge is -2.40. The number of hydrogen-bond donors (Lipinski definition) is 1. The summed E-state index contributed by atoms with van der Waals surface area (Å²) in [4.78, 5) is 2.61. The third-order valence-corrected chi connectivity index (χ3v) is 5.04. The van der Waals surface area contributed by atoms with Gasteiger partial charge in [0.2, 0.25) is 0 Å². The van der Waals surface area contributed by atoms with Crippen LogP contribution in [0, 0.1) is 11.8 Å². The molecular weight excluding hydrogens is 300 g/mol. The van der Waals surface area contributed by atoms with E-state index in [9.17, 15) is 0 Å². The van der Waals surface area contributed by atoms with Gasteiger partial charge in [-0.2, -0.15) is 0 Å². The zero-order valence-electron chi connectivity index (χ0n) is 12.0. The number of nitrogens with zero attached hydrogens (tertiary/aromatic N) is 1. The maximum absolute atomic E-state index is 5.89. The first-order chi connectivity index (χ1) is 9.10. The summed E-state index contributed by atoms with van der Waals surface area (Å²) in [5, 5.41) is 0. The number of benzene rings is 1. The Kier molecular flexibility index (Phi) is 5.43. The highest BCUT2D eigenvalue weighted by Gasteiger charge is 2.27. The van der Waals surface area contributed by atoms with E-state index in [-0.39, 0.29) is 0 Å². The van der Waals surface area contributed by atoms with Crippen molar-refractivity contribution in [2.45, 2.75) is 32.7 Å². The molecule has 2 N–H and O–H groups in total. The van der Waals surface area contributed by atoms with Crippen LogP contribution in [0.2, 0.25) is 0 Å². The molecule has 2 rings (SSSR count). The van der Waals surface area contributed by atoms with Crippen molar-refractivity contribution < 1.29 is 0 Å². The van der Waals surface area contributed by atoms with Gasteiger partial charge in [0.25, 0.3) is 0 Å². The van der Waals surface area contributed by atoms with Crippen LogP contribution in [0.1, 0.15) is 25.8 Å². The van der Waals surface area contributed by atoms with E-state index >= 15 is 0 Å². The molecule has 1 saturated heterocycles. The van der Waals surface area contributed by atoms with Gasteiger partial charge in [0, 0.05) is 17.1 Å². The van der Waals surface area contributed by atoms with Crippen LogP contribution in [0.25, 0.3) is 0 Å². The summed E-state index contributed by atoms with van der Waals surface area (Å²) in [6.07, 6.45) is 2.41. The normalized spacial score (nSPS) is 26.3. The van der Waals surface area contributed by atoms with Crippen molar-refractivity contribution in [3.8, 4) is 0 Å². The van der Waals surface area contributed by atoms with Gasteiger partial charge >= 0.3 is 0 Å². The SMILES string of the molecule is CC1CCN(C(C)Cc2ccc(Br)cc2)CC1CN. The summed E-state index contributed by atoms with van der Waals surface area (Å²) in [5.41, 5.74) is 7.31. The number of hydrogen-bond acceptors (Lipinski definition) is 2. The first-order valence-corrected chi connectivity index (χ1v) is 8.08. The standard InChI is InChI=1S/C16H25BrN2/c1-12-7-8-19(11-15(12)10-18)13(2)9-14-3-5-16(17)6-4-14/h3-6,12-13,15H,7-11,18H2,1-2H3. The Bertz CT molecular complexity index is 390. The lowest BCUT2D eigenvalue weighted by Crippen LogP contribution is -2.47. The molecule has 2 nitrogen and oxygen atoms in total. The van der Waals surface area contributed by atoms with Crippen LogP contribution >= 0.6 is 15.9 Å². The minimum atomic E-state index is 0.600. The molecule has 3 atom stereocenters. The van der Waals surface area contributed by atoms with Gasteiger partial charge < -0.3 is 5.73 Å². The first kappa shape index (κ1) is 15.0. The van der Waals surface area contributed by atoms with E-state index in [1.165, 1.54) is 18.5 Å². The fourth-order valence-corrected chi connectivity index (χ4v) is 3.24. The largest absolute Gasteiger partial charge is 0.330 e. The number of likely N-dealkylation sites (tertiary alicyclic amines) is 1. The van der Waals surface area contributed by atoms with Crippen LogP contribution in [0.4, 0.5) is 0 Å². The summed E-state index contributed by atoms with van der Waals surface area (Å²) < 4.78 is 1.15. The van der Waals surface area contributed by atoms with E-state index in [0.717, 1.165) is 29.9 Å². The Morgan fingerprint density at radius 1 is 1.37 bits per heavy atom. The molecule has 0 bridgehead atoms. The average Bonchev–Trinajstić information content (AvgIpc) is 2.42. The number of nitrogens with two attached hydrogens (primary N) is 1. The quantitative estimate of drug-likeness (QED) is 0.920. The van der Waals surface area contributed by atoms with Crippen molar-refractivity contribution in [2.75, 3.05) is 19.6 Å². The van der Waals surface area contributed by atoms with Gasteiger partial charge in [0.1, 0.15) is 0 Å². The molecule has 1 aromatic carbocycles. The molecule has 1 heterocycles. The lowest BCUT2D eigenvalue weighted by atomic mass is 9.86. The molecule has 0 saturated carbocycles. The highest BCUT2D eigenvalue weighted by atomic mass is 79.9. The zero-order valence-corrected chi connectivity index (χ0v) is 13.6. The van der Waals surface area contributed by atoms with Gasteiger partial charge in [-0.25, -0.2) is 0 Å². The summed E-state index contributed by atoms with van der Waals surface area (Å²) >= 11 is 3.49. The summed E-state index contributed by atoms with van der Waals surface area (Å²) in [6.45, 7) is 7.88. The van der Waals surface area contributed by atoms with Crippen molar-refractivity contribution in [1.29, 1.82) is 0 Å². The van der Waals surface area contributed by atoms with Gasteiger partial charge in [-0.1, -0.05) is 35.0 Å². The first-order valence-electron chi connectivity index (χ1n) is 7.28. The Balaban J connectivity index is 1.92. The second kappa shape index (κ2) is 6.87. The maximum atomic E-state index is 5.89. The van der Waals surface area contributed by atoms with Gasteiger partial charge in [-0.15, -0.1) is 0 Å². The van der Waals surface area contributed by atoms with E-state index in [0.29, 0.717) is 12.0 Å². The van der Waals surface area contributed by atoms with E-state index in [4.69, 9.17) is 5.73 Å². The molecule has 1 aliphatic rings. The van der Waals surface area contributed by atoms with Crippen LogP contribution in [0.15, 0.2) is 28.7 Å². The van der Waals surface area contributed by atoms with Crippen LogP contribution in [0.3, 0.4) is 0 Å². The summed E-state index contributed by atoms with van der Waals surface area (Å²) in [5.74, 6) is 1.45. The highest BCUT2D eigenvalue weighted by Crippen LogP contribution is 2.24. The molecule has 3 unspecified atom stereocenters. The summed E-state index contributed by atoms with van der Waals surface area (Å²) in [7, 11) is 0. The Morgan fingerprint density at radius 2 is 2.05 bits per heavy atom. The molecule has 0 radical (unpaired) electrons. The lowest BCUT2D eigenvalue weighted by molar-refractivity contribution is 0.0978. The fourth-order valence-electron chi connectivity index (χ4n) is 2.98. The Labute approximate surface area is 125 Å². The topological polar surface area (TPSA) is 29.3 Å². The van der Waals surface area contributed by atoms with E-state index in [1.807, 2.05) is 0 Å². The Morgan fingerprint density at radius 3 is 2.68 bits per heavy atom.